The zero-order chi connectivity index (χ0) is 13.3. The molecule has 4 heteroatoms. The van der Waals surface area contributed by atoms with E-state index in [1.165, 1.54) is 24.3 Å². The summed E-state index contributed by atoms with van der Waals surface area (Å²) in [6.07, 6.45) is 0. The van der Waals surface area contributed by atoms with Crippen LogP contribution < -0.4 is 5.73 Å². The summed E-state index contributed by atoms with van der Waals surface area (Å²) >= 11 is 0. The minimum Gasteiger partial charge on any atom is -0.397 e. The van der Waals surface area contributed by atoms with Gasteiger partial charge in [0.2, 0.25) is 5.78 Å². The number of benzene rings is 1. The van der Waals surface area contributed by atoms with Gasteiger partial charge in [-0.05, 0) is 44.2 Å². The number of nitrogens with zero attached hydrogens (tertiary/aromatic N) is 1. The van der Waals surface area contributed by atoms with Crippen molar-refractivity contribution in [3.8, 4) is 0 Å². The van der Waals surface area contributed by atoms with Crippen LogP contribution in [0.15, 0.2) is 30.3 Å². The molecule has 0 atom stereocenters. The third-order valence-corrected chi connectivity index (χ3v) is 2.97. The Hall–Kier alpha value is -2.10. The van der Waals surface area contributed by atoms with Crippen LogP contribution in [0.2, 0.25) is 0 Å². The fraction of sp³-hybridized carbons (Fsp3) is 0.214. The molecule has 0 saturated carbocycles. The molecule has 3 nitrogen and oxygen atoms in total. The molecule has 18 heavy (non-hydrogen) atoms. The first-order valence-corrected chi connectivity index (χ1v) is 5.80. The van der Waals surface area contributed by atoms with Gasteiger partial charge in [-0.15, -0.1) is 0 Å². The maximum Gasteiger partial charge on any atom is 0.211 e. The van der Waals surface area contributed by atoms with Crippen molar-refractivity contribution < 1.29 is 9.18 Å². The van der Waals surface area contributed by atoms with Crippen molar-refractivity contribution in [2.45, 2.75) is 20.4 Å². The van der Waals surface area contributed by atoms with Crippen LogP contribution in [0.1, 0.15) is 28.7 Å². The summed E-state index contributed by atoms with van der Waals surface area (Å²) in [5.74, 6) is -0.538. The fourth-order valence-electron chi connectivity index (χ4n) is 2.10. The highest BCUT2D eigenvalue weighted by Crippen LogP contribution is 2.21. The fourth-order valence-corrected chi connectivity index (χ4v) is 2.10. The van der Waals surface area contributed by atoms with Crippen LogP contribution in [0.25, 0.3) is 0 Å². The van der Waals surface area contributed by atoms with Crippen molar-refractivity contribution in [3.05, 3.63) is 53.1 Å². The van der Waals surface area contributed by atoms with Gasteiger partial charge in [0.15, 0.2) is 0 Å². The first-order valence-electron chi connectivity index (χ1n) is 5.80. The average molecular weight is 246 g/mol. The summed E-state index contributed by atoms with van der Waals surface area (Å²) in [6, 6.07) is 7.27. The predicted octanol–water partition coefficient (Wildman–Crippen LogP) is 2.77. The molecule has 0 aliphatic rings. The number of anilines is 1. The number of nitrogen functional groups attached to an aromatic ring is 1. The van der Waals surface area contributed by atoms with Crippen molar-refractivity contribution in [1.29, 1.82) is 0 Å². The molecule has 0 bridgehead atoms. The number of hydrogen-bond donors (Lipinski definition) is 1. The third kappa shape index (κ3) is 2.01. The number of halogens is 1. The lowest BCUT2D eigenvalue weighted by molar-refractivity contribution is 0.103. The Morgan fingerprint density at radius 3 is 2.50 bits per heavy atom. The van der Waals surface area contributed by atoms with E-state index in [0.29, 0.717) is 23.5 Å². The van der Waals surface area contributed by atoms with Crippen LogP contribution in [0.3, 0.4) is 0 Å². The molecule has 0 saturated heterocycles. The number of hydrogen-bond acceptors (Lipinski definition) is 2. The van der Waals surface area contributed by atoms with Crippen molar-refractivity contribution in [3.63, 3.8) is 0 Å². The van der Waals surface area contributed by atoms with E-state index < -0.39 is 0 Å². The number of rotatable bonds is 3. The molecule has 0 fully saturated rings. The van der Waals surface area contributed by atoms with Crippen LogP contribution in [0, 0.1) is 12.7 Å². The number of carbonyl (C=O) groups is 1. The van der Waals surface area contributed by atoms with Gasteiger partial charge in [0.25, 0.3) is 0 Å². The Morgan fingerprint density at radius 1 is 1.33 bits per heavy atom. The first kappa shape index (κ1) is 12.4. The second-order valence-corrected chi connectivity index (χ2v) is 4.17. The Balaban J connectivity index is 2.49. The van der Waals surface area contributed by atoms with E-state index in [4.69, 9.17) is 5.73 Å². The molecule has 94 valence electrons. The number of ketones is 1. The highest BCUT2D eigenvalue weighted by Gasteiger charge is 2.18. The van der Waals surface area contributed by atoms with Crippen LogP contribution in [-0.2, 0) is 6.54 Å². The molecule has 2 N–H and O–H groups in total. The summed E-state index contributed by atoms with van der Waals surface area (Å²) < 4.78 is 14.7. The summed E-state index contributed by atoms with van der Waals surface area (Å²) in [4.78, 5) is 12.3. The minimum absolute atomic E-state index is 0.178. The Morgan fingerprint density at radius 2 is 1.94 bits per heavy atom. The van der Waals surface area contributed by atoms with Gasteiger partial charge in [0.1, 0.15) is 11.5 Å². The molecular weight excluding hydrogens is 231 g/mol. The zero-order valence-electron chi connectivity index (χ0n) is 10.4. The lowest BCUT2D eigenvalue weighted by atomic mass is 10.1. The van der Waals surface area contributed by atoms with Crippen LogP contribution in [0.5, 0.6) is 0 Å². The first-order chi connectivity index (χ1) is 8.54. The second kappa shape index (κ2) is 4.64. The average Bonchev–Trinajstić information content (AvgIpc) is 2.63. The molecule has 0 aliphatic carbocycles. The van der Waals surface area contributed by atoms with E-state index in [2.05, 4.69) is 0 Å². The molecule has 2 rings (SSSR count). The van der Waals surface area contributed by atoms with Crippen LogP contribution in [-0.4, -0.2) is 10.4 Å². The van der Waals surface area contributed by atoms with Crippen molar-refractivity contribution in [2.75, 3.05) is 5.73 Å². The molecule has 0 radical (unpaired) electrons. The molecule has 0 unspecified atom stereocenters. The maximum atomic E-state index is 12.8. The van der Waals surface area contributed by atoms with E-state index in [0.717, 1.165) is 5.69 Å². The maximum absolute atomic E-state index is 12.8. The van der Waals surface area contributed by atoms with E-state index >= 15 is 0 Å². The van der Waals surface area contributed by atoms with Gasteiger partial charge >= 0.3 is 0 Å². The van der Waals surface area contributed by atoms with Crippen LogP contribution >= 0.6 is 0 Å². The summed E-state index contributed by atoms with van der Waals surface area (Å²) in [5, 5.41) is 0. The van der Waals surface area contributed by atoms with Gasteiger partial charge in [-0.2, -0.15) is 0 Å². The van der Waals surface area contributed by atoms with E-state index in [-0.39, 0.29) is 11.6 Å². The van der Waals surface area contributed by atoms with Gasteiger partial charge in [-0.25, -0.2) is 4.39 Å². The number of aryl methyl sites for hydroxylation is 1. The van der Waals surface area contributed by atoms with E-state index in [9.17, 15) is 9.18 Å². The van der Waals surface area contributed by atoms with Crippen molar-refractivity contribution in [1.82, 2.24) is 4.57 Å². The summed E-state index contributed by atoms with van der Waals surface area (Å²) in [5.41, 5.74) is 8.19. The van der Waals surface area contributed by atoms with Crippen LogP contribution in [0.4, 0.5) is 10.1 Å². The van der Waals surface area contributed by atoms with Crippen molar-refractivity contribution in [2.24, 2.45) is 0 Å². The lowest BCUT2D eigenvalue weighted by Gasteiger charge is -2.08. The molecule has 0 amide bonds. The predicted molar refractivity (Wildman–Crippen MR) is 69.1 cm³/mol. The highest BCUT2D eigenvalue weighted by molar-refractivity contribution is 6.11. The number of nitrogens with two attached hydrogens (primary N) is 1. The zero-order valence-corrected chi connectivity index (χ0v) is 10.4. The van der Waals surface area contributed by atoms with E-state index in [1.54, 1.807) is 6.07 Å². The van der Waals surface area contributed by atoms with Gasteiger partial charge < -0.3 is 10.3 Å². The Bertz CT molecular complexity index is 585. The number of carbonyl (C=O) groups excluding carboxylic acids is 1. The third-order valence-electron chi connectivity index (χ3n) is 2.97. The Kier molecular flexibility index (Phi) is 3.19. The van der Waals surface area contributed by atoms with Gasteiger partial charge in [-0.1, -0.05) is 0 Å². The summed E-state index contributed by atoms with van der Waals surface area (Å²) in [7, 11) is 0. The van der Waals surface area contributed by atoms with Gasteiger partial charge in [-0.3, -0.25) is 4.79 Å². The van der Waals surface area contributed by atoms with E-state index in [1.807, 2.05) is 18.4 Å². The largest absolute Gasteiger partial charge is 0.397 e. The molecule has 1 heterocycles. The molecule has 2 aromatic rings. The quantitative estimate of drug-likeness (QED) is 0.846. The standard InChI is InChI=1S/C14H15FN2O/c1-3-17-9(2)8-12(16)13(17)14(18)10-4-6-11(15)7-5-10/h4-8H,3,16H2,1-2H3. The normalized spacial score (nSPS) is 10.6. The summed E-state index contributed by atoms with van der Waals surface area (Å²) in [6.45, 7) is 4.53. The molecule has 0 spiro atoms. The van der Waals surface area contributed by atoms with Gasteiger partial charge in [0, 0.05) is 17.8 Å². The number of aromatic nitrogens is 1. The Labute approximate surface area is 105 Å². The lowest BCUT2D eigenvalue weighted by Crippen LogP contribution is -2.12. The highest BCUT2D eigenvalue weighted by atomic mass is 19.1. The van der Waals surface area contributed by atoms with Gasteiger partial charge in [0.05, 0.1) is 5.69 Å². The monoisotopic (exact) mass is 246 g/mol. The molecule has 0 aliphatic heterocycles. The molecule has 1 aromatic heterocycles. The topological polar surface area (TPSA) is 48.0 Å². The molecular formula is C14H15FN2O. The van der Waals surface area contributed by atoms with Crippen molar-refractivity contribution >= 4 is 11.5 Å². The SMILES string of the molecule is CCn1c(C)cc(N)c1C(=O)c1ccc(F)cc1. The second-order valence-electron chi connectivity index (χ2n) is 4.17. The minimum atomic E-state index is -0.360. The molecule has 1 aromatic carbocycles. The smallest absolute Gasteiger partial charge is 0.211 e.